The monoisotopic (exact) mass is 447 g/mol. The van der Waals surface area contributed by atoms with E-state index in [1.807, 2.05) is 6.07 Å². The summed E-state index contributed by atoms with van der Waals surface area (Å²) in [7, 11) is 0. The molecule has 4 rings (SSSR count). The maximum Gasteiger partial charge on any atom is 0.319 e. The molecule has 2 aliphatic rings. The number of benzene rings is 2. The molecule has 0 spiro atoms. The van der Waals surface area contributed by atoms with Crippen molar-refractivity contribution in [3.8, 4) is 0 Å². The predicted octanol–water partition coefficient (Wildman–Crippen LogP) is 5.52. The molecule has 2 atom stereocenters. The number of nitrogens with zero attached hydrogens (tertiary/aromatic N) is 1. The third-order valence-corrected chi connectivity index (χ3v) is 7.32. The van der Waals surface area contributed by atoms with Crippen LogP contribution in [0.2, 0.25) is 0 Å². The summed E-state index contributed by atoms with van der Waals surface area (Å²) < 4.78 is 0. The van der Waals surface area contributed by atoms with Crippen LogP contribution in [0.4, 0.5) is 10.5 Å². The second-order valence-electron chi connectivity index (χ2n) is 9.82. The van der Waals surface area contributed by atoms with Crippen molar-refractivity contribution in [1.29, 1.82) is 0 Å². The summed E-state index contributed by atoms with van der Waals surface area (Å²) in [4.78, 5) is 26.9. The molecule has 0 radical (unpaired) electrons. The molecule has 5 nitrogen and oxygen atoms in total. The van der Waals surface area contributed by atoms with Crippen LogP contribution in [0.15, 0.2) is 54.6 Å². The zero-order chi connectivity index (χ0) is 23.0. The Morgan fingerprint density at radius 3 is 2.45 bits per heavy atom. The summed E-state index contributed by atoms with van der Waals surface area (Å²) in [5, 5.41) is 6.16. The van der Waals surface area contributed by atoms with Crippen LogP contribution in [-0.4, -0.2) is 42.4 Å². The van der Waals surface area contributed by atoms with Crippen LogP contribution in [0, 0.1) is 11.8 Å². The Kier molecular flexibility index (Phi) is 8.16. The molecule has 2 N–H and O–H groups in total. The van der Waals surface area contributed by atoms with Gasteiger partial charge in [0.05, 0.1) is 0 Å². The first-order chi connectivity index (χ1) is 16.1. The number of ketones is 1. The number of carbonyl (C=O) groups is 2. The summed E-state index contributed by atoms with van der Waals surface area (Å²) in [6.07, 6.45) is 8.33. The lowest BCUT2D eigenvalue weighted by atomic mass is 9.83. The van der Waals surface area contributed by atoms with Crippen LogP contribution in [-0.2, 0) is 6.42 Å². The van der Waals surface area contributed by atoms with Crippen LogP contribution in [0.25, 0.3) is 0 Å². The summed E-state index contributed by atoms with van der Waals surface area (Å²) >= 11 is 0. The zero-order valence-corrected chi connectivity index (χ0v) is 19.8. The topological polar surface area (TPSA) is 61.4 Å². The van der Waals surface area contributed by atoms with Gasteiger partial charge < -0.3 is 15.5 Å². The lowest BCUT2D eigenvalue weighted by molar-refractivity contribution is 0.101. The molecule has 0 aromatic heterocycles. The van der Waals surface area contributed by atoms with Crippen LogP contribution >= 0.6 is 0 Å². The van der Waals surface area contributed by atoms with Crippen molar-refractivity contribution in [3.05, 3.63) is 65.7 Å². The van der Waals surface area contributed by atoms with Crippen molar-refractivity contribution >= 4 is 17.5 Å². The number of urea groups is 1. The van der Waals surface area contributed by atoms with Gasteiger partial charge in [-0.15, -0.1) is 0 Å². The van der Waals surface area contributed by atoms with E-state index < -0.39 is 0 Å². The van der Waals surface area contributed by atoms with E-state index in [1.165, 1.54) is 51.0 Å². The molecule has 2 amide bonds. The van der Waals surface area contributed by atoms with E-state index in [4.69, 9.17) is 0 Å². The van der Waals surface area contributed by atoms with Gasteiger partial charge in [-0.1, -0.05) is 55.3 Å². The highest BCUT2D eigenvalue weighted by Crippen LogP contribution is 2.28. The van der Waals surface area contributed by atoms with Crippen molar-refractivity contribution in [1.82, 2.24) is 10.2 Å². The van der Waals surface area contributed by atoms with Crippen LogP contribution in [0.3, 0.4) is 0 Å². The molecule has 176 valence electrons. The molecule has 0 unspecified atom stereocenters. The van der Waals surface area contributed by atoms with Gasteiger partial charge in [-0.25, -0.2) is 4.79 Å². The van der Waals surface area contributed by atoms with E-state index in [9.17, 15) is 9.59 Å². The van der Waals surface area contributed by atoms with E-state index in [2.05, 4.69) is 45.9 Å². The number of anilines is 1. The zero-order valence-electron chi connectivity index (χ0n) is 19.8. The predicted molar refractivity (Wildman–Crippen MR) is 134 cm³/mol. The van der Waals surface area contributed by atoms with Gasteiger partial charge >= 0.3 is 6.03 Å². The molecule has 1 heterocycles. The third kappa shape index (κ3) is 6.91. The van der Waals surface area contributed by atoms with Crippen molar-refractivity contribution < 1.29 is 9.59 Å². The van der Waals surface area contributed by atoms with Crippen molar-refractivity contribution in [2.45, 2.75) is 57.9 Å². The molecule has 33 heavy (non-hydrogen) atoms. The Hall–Kier alpha value is -2.66. The maximum absolute atomic E-state index is 12.7. The molecular weight excluding hydrogens is 410 g/mol. The molecule has 2 aromatic rings. The fourth-order valence-corrected chi connectivity index (χ4v) is 5.42. The van der Waals surface area contributed by atoms with Crippen LogP contribution in [0.1, 0.15) is 61.4 Å². The van der Waals surface area contributed by atoms with Gasteiger partial charge in [0.15, 0.2) is 5.78 Å². The fraction of sp³-hybridized carbons (Fsp3) is 0.500. The number of carbonyl (C=O) groups excluding carboxylic acids is 2. The SMILES string of the molecule is CC(=O)c1cccc(NC(=O)N[C@@H]2CCCC[C@H]2CN2CCC(Cc3ccccc3)CC2)c1. The highest BCUT2D eigenvalue weighted by Gasteiger charge is 2.29. The number of amides is 2. The summed E-state index contributed by atoms with van der Waals surface area (Å²) in [5.41, 5.74) is 2.72. The average molecular weight is 448 g/mol. The fourth-order valence-electron chi connectivity index (χ4n) is 5.42. The van der Waals surface area contributed by atoms with Gasteiger partial charge in [-0.2, -0.15) is 0 Å². The first kappa shape index (κ1) is 23.5. The standard InChI is InChI=1S/C28H37N3O2/c1-21(32)24-11-7-12-26(19-24)29-28(33)30-27-13-6-5-10-25(27)20-31-16-14-23(15-17-31)18-22-8-3-2-4-9-22/h2-4,7-9,11-12,19,23,25,27H,5-6,10,13-18,20H2,1H3,(H2,29,30,33)/t25-,27+/m0/s1. The quantitative estimate of drug-likeness (QED) is 0.549. The normalized spacial score (nSPS) is 22.0. The molecule has 0 bridgehead atoms. The van der Waals surface area contributed by atoms with Crippen LogP contribution in [0.5, 0.6) is 0 Å². The maximum atomic E-state index is 12.7. The second-order valence-corrected chi connectivity index (χ2v) is 9.82. The Bertz CT molecular complexity index is 922. The van der Waals surface area contributed by atoms with Crippen molar-refractivity contribution in [2.75, 3.05) is 25.0 Å². The number of likely N-dealkylation sites (tertiary alicyclic amines) is 1. The highest BCUT2D eigenvalue weighted by molar-refractivity contribution is 5.96. The van der Waals surface area contributed by atoms with Gasteiger partial charge in [-0.3, -0.25) is 4.79 Å². The van der Waals surface area contributed by atoms with Crippen LogP contribution < -0.4 is 10.6 Å². The Morgan fingerprint density at radius 2 is 1.70 bits per heavy atom. The highest BCUT2D eigenvalue weighted by atomic mass is 16.2. The number of Topliss-reactive ketones (excluding diaryl/α,β-unsaturated/α-hetero) is 1. The molecule has 1 aliphatic heterocycles. The Balaban J connectivity index is 1.26. The Labute approximate surface area is 197 Å². The molecule has 5 heteroatoms. The van der Waals surface area contributed by atoms with Crippen molar-refractivity contribution in [3.63, 3.8) is 0 Å². The van der Waals surface area contributed by atoms with E-state index in [1.54, 1.807) is 18.2 Å². The second kappa shape index (κ2) is 11.5. The number of piperidine rings is 1. The number of rotatable bonds is 7. The summed E-state index contributed by atoms with van der Waals surface area (Å²) in [6.45, 7) is 4.93. The minimum absolute atomic E-state index is 0.000980. The molecule has 1 saturated carbocycles. The lowest BCUT2D eigenvalue weighted by Gasteiger charge is -2.39. The molecule has 2 aromatic carbocycles. The van der Waals surface area contributed by atoms with E-state index in [0.717, 1.165) is 32.0 Å². The summed E-state index contributed by atoms with van der Waals surface area (Å²) in [5.74, 6) is 1.28. The Morgan fingerprint density at radius 1 is 0.939 bits per heavy atom. The van der Waals surface area contributed by atoms with Gasteiger partial charge in [0, 0.05) is 23.8 Å². The molecule has 1 saturated heterocycles. The van der Waals surface area contributed by atoms with E-state index in [-0.39, 0.29) is 17.9 Å². The van der Waals surface area contributed by atoms with Gasteiger partial charge in [0.1, 0.15) is 0 Å². The molecular formula is C28H37N3O2. The minimum Gasteiger partial charge on any atom is -0.335 e. The largest absolute Gasteiger partial charge is 0.335 e. The van der Waals surface area contributed by atoms with Gasteiger partial charge in [0.25, 0.3) is 0 Å². The number of hydrogen-bond donors (Lipinski definition) is 2. The average Bonchev–Trinajstić information content (AvgIpc) is 2.82. The lowest BCUT2D eigenvalue weighted by Crippen LogP contribution is -2.48. The van der Waals surface area contributed by atoms with E-state index in [0.29, 0.717) is 17.2 Å². The molecule has 2 fully saturated rings. The van der Waals surface area contributed by atoms with Gasteiger partial charge in [-0.05, 0) is 81.6 Å². The van der Waals surface area contributed by atoms with Gasteiger partial charge in [0.2, 0.25) is 0 Å². The third-order valence-electron chi connectivity index (χ3n) is 7.32. The smallest absolute Gasteiger partial charge is 0.319 e. The minimum atomic E-state index is -0.172. The number of nitrogens with one attached hydrogen (secondary N) is 2. The first-order valence-electron chi connectivity index (χ1n) is 12.5. The molecule has 1 aliphatic carbocycles. The first-order valence-corrected chi connectivity index (χ1v) is 12.5. The van der Waals surface area contributed by atoms with Crippen molar-refractivity contribution in [2.24, 2.45) is 11.8 Å². The van der Waals surface area contributed by atoms with E-state index >= 15 is 0 Å². The number of hydrogen-bond acceptors (Lipinski definition) is 3. The summed E-state index contributed by atoms with van der Waals surface area (Å²) in [6, 6.07) is 18.0.